The van der Waals surface area contributed by atoms with Crippen molar-refractivity contribution in [3.8, 4) is 0 Å². The molecule has 2 rings (SSSR count). The summed E-state index contributed by atoms with van der Waals surface area (Å²) in [4.78, 5) is 5.54. The summed E-state index contributed by atoms with van der Waals surface area (Å²) < 4.78 is 51.5. The van der Waals surface area contributed by atoms with E-state index in [4.69, 9.17) is 0 Å². The van der Waals surface area contributed by atoms with E-state index in [9.17, 15) is 17.6 Å². The van der Waals surface area contributed by atoms with Gasteiger partial charge in [0.15, 0.2) is 0 Å². The van der Waals surface area contributed by atoms with Crippen LogP contribution in [0, 0.1) is 5.82 Å². The lowest BCUT2D eigenvalue weighted by Gasteiger charge is -2.20. The van der Waals surface area contributed by atoms with Gasteiger partial charge in [-0.15, -0.1) is 0 Å². The van der Waals surface area contributed by atoms with Crippen LogP contribution in [0.1, 0.15) is 5.56 Å². The Hall–Kier alpha value is -2.31. The molecule has 1 aromatic carbocycles. The second kappa shape index (κ2) is 5.59. The molecule has 1 heterocycles. The fourth-order valence-corrected chi connectivity index (χ4v) is 1.78. The molecule has 21 heavy (non-hydrogen) atoms. The highest BCUT2D eigenvalue weighted by atomic mass is 19.4. The molecule has 0 radical (unpaired) electrons. The summed E-state index contributed by atoms with van der Waals surface area (Å²) >= 11 is 0. The molecule has 2 aromatic rings. The molecule has 1 N–H and O–H groups in total. The molecule has 0 aliphatic carbocycles. The first kappa shape index (κ1) is 15.1. The van der Waals surface area contributed by atoms with Crippen LogP contribution < -0.4 is 10.2 Å². The van der Waals surface area contributed by atoms with Crippen molar-refractivity contribution >= 4 is 17.3 Å². The van der Waals surface area contributed by atoms with Crippen LogP contribution in [0.25, 0.3) is 0 Å². The zero-order valence-electron chi connectivity index (χ0n) is 11.4. The van der Waals surface area contributed by atoms with Crippen LogP contribution >= 0.6 is 0 Å². The predicted molar refractivity (Wildman–Crippen MR) is 73.2 cm³/mol. The maximum atomic E-state index is 12.9. The van der Waals surface area contributed by atoms with Crippen LogP contribution in [0.5, 0.6) is 0 Å². The van der Waals surface area contributed by atoms with Crippen LogP contribution in [0.15, 0.2) is 36.4 Å². The lowest BCUT2D eigenvalue weighted by atomic mass is 10.2. The van der Waals surface area contributed by atoms with Gasteiger partial charge in [0.05, 0.1) is 5.56 Å². The number of benzene rings is 1. The van der Waals surface area contributed by atoms with Gasteiger partial charge in [-0.2, -0.15) is 13.2 Å². The highest BCUT2D eigenvalue weighted by Gasteiger charge is 2.32. The quantitative estimate of drug-likeness (QED) is 0.867. The largest absolute Gasteiger partial charge is 0.416 e. The maximum absolute atomic E-state index is 12.9. The fraction of sp³-hybridized carbons (Fsp3) is 0.214. The molecule has 0 unspecified atom stereocenters. The second-order valence-electron chi connectivity index (χ2n) is 4.38. The number of hydrogen-bond donors (Lipinski definition) is 1. The van der Waals surface area contributed by atoms with Crippen molar-refractivity contribution in [2.75, 3.05) is 24.3 Å². The number of aromatic nitrogens is 1. The average molecular weight is 299 g/mol. The van der Waals surface area contributed by atoms with Crippen LogP contribution in [0.3, 0.4) is 0 Å². The Labute approximate surface area is 119 Å². The lowest BCUT2D eigenvalue weighted by molar-refractivity contribution is -0.137. The molecule has 0 fully saturated rings. The van der Waals surface area contributed by atoms with Crippen molar-refractivity contribution < 1.29 is 17.6 Å². The number of halogens is 4. The standard InChI is InChI=1S/C14H13F4N3/c1-19-12-7-9(14(16,17)18)8-13(20-12)21(2)11-5-3-10(15)4-6-11/h3-8H,1-2H3,(H,19,20). The Bertz CT molecular complexity index is 623. The van der Waals surface area contributed by atoms with Crippen molar-refractivity contribution in [1.82, 2.24) is 4.98 Å². The molecule has 0 atom stereocenters. The van der Waals surface area contributed by atoms with Crippen molar-refractivity contribution in [3.63, 3.8) is 0 Å². The first-order chi connectivity index (χ1) is 9.81. The van der Waals surface area contributed by atoms with E-state index in [1.54, 1.807) is 7.05 Å². The highest BCUT2D eigenvalue weighted by molar-refractivity contribution is 5.62. The monoisotopic (exact) mass is 299 g/mol. The molecule has 0 amide bonds. The minimum atomic E-state index is -4.47. The van der Waals surface area contributed by atoms with Crippen LogP contribution in [0.2, 0.25) is 0 Å². The average Bonchev–Trinajstić information content (AvgIpc) is 2.46. The third-order valence-electron chi connectivity index (χ3n) is 2.95. The van der Waals surface area contributed by atoms with E-state index in [0.717, 1.165) is 12.1 Å². The fourth-order valence-electron chi connectivity index (χ4n) is 1.78. The van der Waals surface area contributed by atoms with Gasteiger partial charge < -0.3 is 10.2 Å². The summed E-state index contributed by atoms with van der Waals surface area (Å²) in [6.45, 7) is 0. The molecule has 0 bridgehead atoms. The third-order valence-corrected chi connectivity index (χ3v) is 2.95. The van der Waals surface area contributed by atoms with E-state index in [1.807, 2.05) is 0 Å². The molecular weight excluding hydrogens is 286 g/mol. The SMILES string of the molecule is CNc1cc(C(F)(F)F)cc(N(C)c2ccc(F)cc2)n1. The molecular formula is C14H13F4N3. The Morgan fingerprint density at radius 3 is 2.24 bits per heavy atom. The lowest BCUT2D eigenvalue weighted by Crippen LogP contribution is -2.15. The van der Waals surface area contributed by atoms with Crippen LogP contribution in [-0.2, 0) is 6.18 Å². The molecule has 1 aromatic heterocycles. The van der Waals surface area contributed by atoms with Gasteiger partial charge in [-0.05, 0) is 36.4 Å². The third kappa shape index (κ3) is 3.42. The molecule has 112 valence electrons. The van der Waals surface area contributed by atoms with Gasteiger partial charge in [-0.1, -0.05) is 0 Å². The minimum absolute atomic E-state index is 0.105. The molecule has 0 aliphatic rings. The van der Waals surface area contributed by atoms with E-state index in [0.29, 0.717) is 5.69 Å². The van der Waals surface area contributed by atoms with Gasteiger partial charge in [0.25, 0.3) is 0 Å². The smallest absolute Gasteiger partial charge is 0.373 e. The summed E-state index contributed by atoms with van der Waals surface area (Å²) in [7, 11) is 3.05. The highest BCUT2D eigenvalue weighted by Crippen LogP contribution is 2.34. The van der Waals surface area contributed by atoms with E-state index < -0.39 is 17.6 Å². The summed E-state index contributed by atoms with van der Waals surface area (Å²) in [6, 6.07) is 7.29. The number of nitrogens with one attached hydrogen (secondary N) is 1. The number of hydrogen-bond acceptors (Lipinski definition) is 3. The predicted octanol–water partition coefficient (Wildman–Crippen LogP) is 4.05. The maximum Gasteiger partial charge on any atom is 0.416 e. The molecule has 0 spiro atoms. The molecule has 3 nitrogen and oxygen atoms in total. The summed E-state index contributed by atoms with van der Waals surface area (Å²) in [6.07, 6.45) is -4.47. The first-order valence-corrected chi connectivity index (χ1v) is 6.07. The van der Waals surface area contributed by atoms with Gasteiger partial charge in [-0.3, -0.25) is 0 Å². The van der Waals surface area contributed by atoms with E-state index >= 15 is 0 Å². The van der Waals surface area contributed by atoms with Gasteiger partial charge in [-0.25, -0.2) is 9.37 Å². The van der Waals surface area contributed by atoms with Crippen molar-refractivity contribution in [3.05, 3.63) is 47.8 Å². The van der Waals surface area contributed by atoms with E-state index in [1.165, 1.54) is 36.2 Å². The van der Waals surface area contributed by atoms with Crippen molar-refractivity contribution in [2.24, 2.45) is 0 Å². The topological polar surface area (TPSA) is 28.2 Å². The number of alkyl halides is 3. The van der Waals surface area contributed by atoms with Gasteiger partial charge in [0.2, 0.25) is 0 Å². The van der Waals surface area contributed by atoms with Crippen LogP contribution in [-0.4, -0.2) is 19.1 Å². The van der Waals surface area contributed by atoms with Gasteiger partial charge in [0, 0.05) is 19.8 Å². The van der Waals surface area contributed by atoms with Crippen LogP contribution in [0.4, 0.5) is 34.9 Å². The Morgan fingerprint density at radius 1 is 1.10 bits per heavy atom. The second-order valence-corrected chi connectivity index (χ2v) is 4.38. The van der Waals surface area contributed by atoms with E-state index in [2.05, 4.69) is 10.3 Å². The van der Waals surface area contributed by atoms with Crippen molar-refractivity contribution in [2.45, 2.75) is 6.18 Å². The number of rotatable bonds is 3. The first-order valence-electron chi connectivity index (χ1n) is 6.07. The number of nitrogens with zero attached hydrogens (tertiary/aromatic N) is 2. The van der Waals surface area contributed by atoms with Crippen molar-refractivity contribution in [1.29, 1.82) is 0 Å². The summed E-state index contributed by atoms with van der Waals surface area (Å²) in [5.41, 5.74) is -0.268. The molecule has 0 aliphatic heterocycles. The zero-order valence-corrected chi connectivity index (χ0v) is 11.4. The summed E-state index contributed by atoms with van der Waals surface area (Å²) in [5, 5.41) is 2.60. The normalized spacial score (nSPS) is 11.3. The van der Waals surface area contributed by atoms with Gasteiger partial charge in [0.1, 0.15) is 17.5 Å². The Morgan fingerprint density at radius 2 is 1.71 bits per heavy atom. The minimum Gasteiger partial charge on any atom is -0.373 e. The molecule has 0 saturated heterocycles. The number of anilines is 3. The zero-order chi connectivity index (χ0) is 15.6. The Balaban J connectivity index is 2.45. The van der Waals surface area contributed by atoms with E-state index in [-0.39, 0.29) is 11.6 Å². The molecule has 7 heteroatoms. The Kier molecular flexibility index (Phi) is 4.02. The number of pyridine rings is 1. The molecule has 0 saturated carbocycles. The summed E-state index contributed by atoms with van der Waals surface area (Å²) in [5.74, 6) is -0.199. The van der Waals surface area contributed by atoms with Gasteiger partial charge >= 0.3 is 6.18 Å².